The second-order valence-electron chi connectivity index (χ2n) is 6.53. The van der Waals surface area contributed by atoms with Gasteiger partial charge in [0, 0.05) is 24.6 Å². The molecule has 0 bridgehead atoms. The van der Waals surface area contributed by atoms with Gasteiger partial charge in [0.2, 0.25) is 5.91 Å². The summed E-state index contributed by atoms with van der Waals surface area (Å²) in [5.41, 5.74) is 1.77. The summed E-state index contributed by atoms with van der Waals surface area (Å²) in [7, 11) is 3.15. The van der Waals surface area contributed by atoms with Crippen molar-refractivity contribution in [2.24, 2.45) is 0 Å². The number of hydrogen-bond donors (Lipinski definition) is 1. The number of nitrogens with zero attached hydrogens (tertiary/aromatic N) is 1. The lowest BCUT2D eigenvalue weighted by Gasteiger charge is -2.08. The number of hydrogen-bond acceptors (Lipinski definition) is 7. The van der Waals surface area contributed by atoms with Gasteiger partial charge in [-0.15, -0.1) is 0 Å². The molecule has 31 heavy (non-hydrogen) atoms. The van der Waals surface area contributed by atoms with E-state index in [0.29, 0.717) is 47.4 Å². The summed E-state index contributed by atoms with van der Waals surface area (Å²) in [6.45, 7) is 2.06. The van der Waals surface area contributed by atoms with Crippen LogP contribution in [0, 0.1) is 0 Å². The fourth-order valence-corrected chi connectivity index (χ4v) is 2.90. The van der Waals surface area contributed by atoms with Crippen LogP contribution in [0.4, 0.5) is 5.69 Å². The first-order chi connectivity index (χ1) is 15.0. The molecule has 0 fully saturated rings. The molecule has 0 saturated carbocycles. The fourth-order valence-electron chi connectivity index (χ4n) is 2.90. The number of esters is 1. The number of nitrogens with one attached hydrogen (secondary N) is 1. The van der Waals surface area contributed by atoms with Gasteiger partial charge in [0.25, 0.3) is 0 Å². The highest BCUT2D eigenvalue weighted by atomic mass is 16.5. The highest BCUT2D eigenvalue weighted by Gasteiger charge is 2.14. The van der Waals surface area contributed by atoms with Gasteiger partial charge < -0.3 is 23.9 Å². The van der Waals surface area contributed by atoms with Crippen LogP contribution in [-0.2, 0) is 16.0 Å². The number of benzene rings is 2. The van der Waals surface area contributed by atoms with E-state index in [1.807, 2.05) is 6.07 Å². The molecule has 0 radical (unpaired) electrons. The molecular formula is C23H24N2O6. The number of carbonyl (C=O) groups is 2. The van der Waals surface area contributed by atoms with Gasteiger partial charge in [-0.1, -0.05) is 0 Å². The van der Waals surface area contributed by atoms with Crippen molar-refractivity contribution in [2.45, 2.75) is 19.8 Å². The monoisotopic (exact) mass is 424 g/mol. The molecule has 3 rings (SSSR count). The molecule has 0 aliphatic heterocycles. The van der Waals surface area contributed by atoms with Gasteiger partial charge in [-0.2, -0.15) is 0 Å². The number of methoxy groups -OCH3 is 2. The van der Waals surface area contributed by atoms with Crippen molar-refractivity contribution in [1.82, 2.24) is 4.98 Å². The Balaban J connectivity index is 1.57. The Hall–Kier alpha value is -3.81. The molecule has 8 nitrogen and oxygen atoms in total. The van der Waals surface area contributed by atoms with Gasteiger partial charge in [0.05, 0.1) is 38.2 Å². The summed E-state index contributed by atoms with van der Waals surface area (Å²) >= 11 is 0. The summed E-state index contributed by atoms with van der Waals surface area (Å²) in [4.78, 5) is 28.2. The first kappa shape index (κ1) is 21.9. The molecule has 0 saturated heterocycles. The molecule has 1 amide bonds. The predicted molar refractivity (Wildman–Crippen MR) is 114 cm³/mol. The fraction of sp³-hybridized carbons (Fsp3) is 0.261. The molecule has 1 heterocycles. The third kappa shape index (κ3) is 5.63. The first-order valence-electron chi connectivity index (χ1n) is 9.78. The predicted octanol–water partition coefficient (Wildman–Crippen LogP) is 4.11. The molecule has 1 aromatic heterocycles. The second-order valence-corrected chi connectivity index (χ2v) is 6.53. The maximum atomic E-state index is 12.2. The number of rotatable bonds is 9. The van der Waals surface area contributed by atoms with Crippen molar-refractivity contribution in [3.8, 4) is 22.8 Å². The minimum absolute atomic E-state index is 0.189. The van der Waals surface area contributed by atoms with E-state index in [1.165, 1.54) is 0 Å². The normalized spacial score (nSPS) is 10.4. The Labute approximate surface area is 180 Å². The van der Waals surface area contributed by atoms with Crippen LogP contribution in [0.3, 0.4) is 0 Å². The standard InChI is InChI=1S/C23H24N2O6/c1-4-30-23(27)15-5-7-16(8-6-15)25-21(26)11-12-22-24-14-20(31-22)18-10-9-17(28-2)13-19(18)29-3/h5-10,13-14H,4,11-12H2,1-3H3,(H,25,26). The number of aromatic nitrogens is 1. The molecule has 0 spiro atoms. The number of oxazole rings is 1. The number of carbonyl (C=O) groups excluding carboxylic acids is 2. The van der Waals surface area contributed by atoms with Crippen LogP contribution >= 0.6 is 0 Å². The molecule has 1 N–H and O–H groups in total. The van der Waals surface area contributed by atoms with E-state index in [1.54, 1.807) is 63.7 Å². The van der Waals surface area contributed by atoms with Crippen LogP contribution in [-0.4, -0.2) is 37.7 Å². The largest absolute Gasteiger partial charge is 0.497 e. The number of anilines is 1. The van der Waals surface area contributed by atoms with Crippen molar-refractivity contribution in [3.05, 3.63) is 60.1 Å². The van der Waals surface area contributed by atoms with Crippen LogP contribution in [0.15, 0.2) is 53.1 Å². The third-order valence-corrected chi connectivity index (χ3v) is 4.47. The number of amides is 1. The first-order valence-corrected chi connectivity index (χ1v) is 9.78. The summed E-state index contributed by atoms with van der Waals surface area (Å²) in [5, 5.41) is 2.79. The molecule has 0 aliphatic rings. The van der Waals surface area contributed by atoms with E-state index in [9.17, 15) is 9.59 Å². The summed E-state index contributed by atoms with van der Waals surface area (Å²) in [6.07, 6.45) is 2.14. The Morgan fingerprint density at radius 3 is 2.52 bits per heavy atom. The smallest absolute Gasteiger partial charge is 0.338 e. The van der Waals surface area contributed by atoms with Crippen LogP contribution in [0.2, 0.25) is 0 Å². The third-order valence-electron chi connectivity index (χ3n) is 4.47. The van der Waals surface area contributed by atoms with E-state index < -0.39 is 5.97 Å². The maximum absolute atomic E-state index is 12.2. The van der Waals surface area contributed by atoms with Gasteiger partial charge in [0.1, 0.15) is 11.5 Å². The van der Waals surface area contributed by atoms with Crippen molar-refractivity contribution in [2.75, 3.05) is 26.1 Å². The van der Waals surface area contributed by atoms with Crippen LogP contribution < -0.4 is 14.8 Å². The highest BCUT2D eigenvalue weighted by molar-refractivity contribution is 5.93. The van der Waals surface area contributed by atoms with Crippen molar-refractivity contribution in [1.29, 1.82) is 0 Å². The van der Waals surface area contributed by atoms with Gasteiger partial charge >= 0.3 is 5.97 Å². The van der Waals surface area contributed by atoms with Crippen LogP contribution in [0.1, 0.15) is 29.6 Å². The Morgan fingerprint density at radius 2 is 1.84 bits per heavy atom. The molecule has 8 heteroatoms. The Kier molecular flexibility index (Phi) is 7.26. The van der Waals surface area contributed by atoms with Gasteiger partial charge in [-0.05, 0) is 43.3 Å². The SMILES string of the molecule is CCOC(=O)c1ccc(NC(=O)CCc2ncc(-c3ccc(OC)cc3OC)o2)cc1. The van der Waals surface area contributed by atoms with E-state index in [4.69, 9.17) is 18.6 Å². The Bertz CT molecular complexity index is 1040. The van der Waals surface area contributed by atoms with Crippen LogP contribution in [0.5, 0.6) is 11.5 Å². The molecule has 2 aromatic carbocycles. The molecule has 0 unspecified atom stereocenters. The minimum atomic E-state index is -0.395. The van der Waals surface area contributed by atoms with Crippen molar-refractivity contribution in [3.63, 3.8) is 0 Å². The maximum Gasteiger partial charge on any atom is 0.338 e. The van der Waals surface area contributed by atoms with Crippen molar-refractivity contribution < 1.29 is 28.2 Å². The van der Waals surface area contributed by atoms with Gasteiger partial charge in [-0.3, -0.25) is 4.79 Å². The number of ether oxygens (including phenoxy) is 3. The molecule has 0 aliphatic carbocycles. The van der Waals surface area contributed by atoms with E-state index >= 15 is 0 Å². The molecule has 162 valence electrons. The minimum Gasteiger partial charge on any atom is -0.497 e. The lowest BCUT2D eigenvalue weighted by atomic mass is 10.1. The lowest BCUT2D eigenvalue weighted by molar-refractivity contribution is -0.116. The second kappa shape index (κ2) is 10.3. The summed E-state index contributed by atoms with van der Waals surface area (Å²) in [6, 6.07) is 11.9. The number of aryl methyl sites for hydroxylation is 1. The van der Waals surface area contributed by atoms with Crippen molar-refractivity contribution >= 4 is 17.6 Å². The zero-order chi connectivity index (χ0) is 22.2. The molecule has 3 aromatic rings. The lowest BCUT2D eigenvalue weighted by Crippen LogP contribution is -2.12. The quantitative estimate of drug-likeness (QED) is 0.516. The molecular weight excluding hydrogens is 400 g/mol. The molecule has 0 atom stereocenters. The average molecular weight is 424 g/mol. The summed E-state index contributed by atoms with van der Waals surface area (Å²) in [5.74, 6) is 1.68. The average Bonchev–Trinajstić information content (AvgIpc) is 3.26. The van der Waals surface area contributed by atoms with Gasteiger partial charge in [-0.25, -0.2) is 9.78 Å². The zero-order valence-electron chi connectivity index (χ0n) is 17.6. The Morgan fingerprint density at radius 1 is 1.06 bits per heavy atom. The van der Waals surface area contributed by atoms with E-state index in [-0.39, 0.29) is 12.3 Å². The highest BCUT2D eigenvalue weighted by Crippen LogP contribution is 2.33. The van der Waals surface area contributed by atoms with Gasteiger partial charge in [0.15, 0.2) is 11.7 Å². The van der Waals surface area contributed by atoms with Crippen LogP contribution in [0.25, 0.3) is 11.3 Å². The zero-order valence-corrected chi connectivity index (χ0v) is 17.6. The van der Waals surface area contributed by atoms with E-state index in [0.717, 1.165) is 5.56 Å². The van der Waals surface area contributed by atoms with E-state index in [2.05, 4.69) is 10.3 Å². The summed E-state index contributed by atoms with van der Waals surface area (Å²) < 4.78 is 21.3. The topological polar surface area (TPSA) is 99.9 Å².